The Morgan fingerprint density at radius 1 is 1.28 bits per heavy atom. The standard InChI is InChI=1S/C17H17F5O9S/c1-6(2)11(23)30-10-7-3-4-15(5-8(10)29-14(15)25)9(7)12(24)31-13(16(18,19)20)17(21,22)32(26,27)28/h7-10,13H,1,3-5H2,2H3,(H,26,27,28). The van der Waals surface area contributed by atoms with Crippen LogP contribution in [0.1, 0.15) is 26.2 Å². The molecule has 32 heavy (non-hydrogen) atoms. The molecule has 1 spiro atoms. The van der Waals surface area contributed by atoms with Gasteiger partial charge in [0.15, 0.2) is 0 Å². The van der Waals surface area contributed by atoms with Crippen LogP contribution in [0.25, 0.3) is 0 Å². The van der Waals surface area contributed by atoms with Crippen LogP contribution < -0.4 is 0 Å². The van der Waals surface area contributed by atoms with Crippen molar-refractivity contribution in [3.63, 3.8) is 0 Å². The van der Waals surface area contributed by atoms with Gasteiger partial charge in [0.2, 0.25) is 0 Å². The molecule has 3 rings (SSSR count). The molecule has 1 heterocycles. The Bertz CT molecular complexity index is 975. The molecule has 15 heteroatoms. The van der Waals surface area contributed by atoms with Gasteiger partial charge < -0.3 is 14.2 Å². The van der Waals surface area contributed by atoms with Gasteiger partial charge in [-0.15, -0.1) is 0 Å². The smallest absolute Gasteiger partial charge is 0.432 e. The molecule has 9 nitrogen and oxygen atoms in total. The fraction of sp³-hybridized carbons (Fsp3) is 0.706. The maximum absolute atomic E-state index is 13.8. The maximum Gasteiger partial charge on any atom is 0.432 e. The van der Waals surface area contributed by atoms with Crippen LogP contribution in [0.15, 0.2) is 12.2 Å². The normalized spacial score (nSPS) is 32.8. The molecule has 0 amide bonds. The number of fused-ring (bicyclic) bond motifs is 2. The fourth-order valence-electron chi connectivity index (χ4n) is 4.60. The molecule has 2 saturated carbocycles. The molecule has 6 atom stereocenters. The maximum atomic E-state index is 13.8. The number of carbonyl (C=O) groups excluding carboxylic acids is 3. The second-order valence-corrected chi connectivity index (χ2v) is 9.52. The second kappa shape index (κ2) is 7.37. The van der Waals surface area contributed by atoms with Crippen LogP contribution in [-0.2, 0) is 38.7 Å². The van der Waals surface area contributed by atoms with E-state index in [1.165, 1.54) is 6.92 Å². The third-order valence-corrected chi connectivity index (χ3v) is 6.89. The third-order valence-electron chi connectivity index (χ3n) is 5.99. The number of ether oxygens (including phenoxy) is 3. The SMILES string of the molecule is C=C(C)C(=O)OC1C2CC3(CCC1C3C(=O)OC(C(F)(F)F)C(F)(F)S(=O)(=O)O)C(=O)O2. The van der Waals surface area contributed by atoms with Crippen LogP contribution in [0.4, 0.5) is 22.0 Å². The monoisotopic (exact) mass is 492 g/mol. The average Bonchev–Trinajstić information content (AvgIpc) is 3.09. The van der Waals surface area contributed by atoms with Gasteiger partial charge in [-0.05, 0) is 19.8 Å². The Morgan fingerprint density at radius 3 is 2.38 bits per heavy atom. The van der Waals surface area contributed by atoms with Crippen molar-refractivity contribution < 1.29 is 63.5 Å². The van der Waals surface area contributed by atoms with E-state index >= 15 is 0 Å². The predicted molar refractivity (Wildman–Crippen MR) is 90.3 cm³/mol. The van der Waals surface area contributed by atoms with Crippen molar-refractivity contribution in [1.82, 2.24) is 0 Å². The molecule has 1 N–H and O–H groups in total. The van der Waals surface area contributed by atoms with Gasteiger partial charge in [0, 0.05) is 17.9 Å². The first-order valence-corrected chi connectivity index (χ1v) is 10.6. The molecule has 3 bridgehead atoms. The van der Waals surface area contributed by atoms with Crippen molar-refractivity contribution in [1.29, 1.82) is 0 Å². The Kier molecular flexibility index (Phi) is 5.61. The number of halogens is 5. The molecule has 0 radical (unpaired) electrons. The highest BCUT2D eigenvalue weighted by atomic mass is 32.2. The molecule has 0 aromatic heterocycles. The molecule has 0 aromatic carbocycles. The van der Waals surface area contributed by atoms with Crippen molar-refractivity contribution >= 4 is 28.0 Å². The van der Waals surface area contributed by atoms with E-state index in [4.69, 9.17) is 14.0 Å². The summed E-state index contributed by atoms with van der Waals surface area (Å²) < 4.78 is 112. The van der Waals surface area contributed by atoms with Crippen LogP contribution >= 0.6 is 0 Å². The zero-order valence-corrected chi connectivity index (χ0v) is 17.0. The second-order valence-electron chi connectivity index (χ2n) is 8.03. The lowest BCUT2D eigenvalue weighted by atomic mass is 9.67. The van der Waals surface area contributed by atoms with Gasteiger partial charge in [0.25, 0.3) is 6.10 Å². The van der Waals surface area contributed by atoms with Gasteiger partial charge in [0.1, 0.15) is 12.2 Å². The Morgan fingerprint density at radius 2 is 1.88 bits per heavy atom. The fourth-order valence-corrected chi connectivity index (χ4v) is 5.06. The first kappa shape index (κ1) is 24.4. The van der Waals surface area contributed by atoms with E-state index in [1.807, 2.05) is 0 Å². The van der Waals surface area contributed by atoms with Gasteiger partial charge in [0.05, 0.1) is 11.3 Å². The lowest BCUT2D eigenvalue weighted by molar-refractivity contribution is -0.262. The highest BCUT2D eigenvalue weighted by Gasteiger charge is 2.72. The minimum absolute atomic E-state index is 0.00905. The summed E-state index contributed by atoms with van der Waals surface area (Å²) in [5.74, 6) is -6.78. The number of rotatable bonds is 6. The van der Waals surface area contributed by atoms with E-state index in [1.54, 1.807) is 0 Å². The predicted octanol–water partition coefficient (Wildman–Crippen LogP) is 1.77. The van der Waals surface area contributed by atoms with Crippen LogP contribution in [0, 0.1) is 17.3 Å². The largest absolute Gasteiger partial charge is 0.458 e. The van der Waals surface area contributed by atoms with Gasteiger partial charge in [-0.25, -0.2) is 4.79 Å². The molecule has 3 fully saturated rings. The number of carbonyl (C=O) groups is 3. The van der Waals surface area contributed by atoms with Crippen LogP contribution in [0.2, 0.25) is 0 Å². The Balaban J connectivity index is 1.97. The summed E-state index contributed by atoms with van der Waals surface area (Å²) in [5, 5.41) is -5.92. The summed E-state index contributed by atoms with van der Waals surface area (Å²) in [6.07, 6.45) is -13.3. The molecule has 1 saturated heterocycles. The van der Waals surface area contributed by atoms with E-state index < -0.39 is 75.0 Å². The Hall–Kier alpha value is -2.29. The van der Waals surface area contributed by atoms with Crippen LogP contribution in [0.3, 0.4) is 0 Å². The van der Waals surface area contributed by atoms with E-state index in [-0.39, 0.29) is 24.8 Å². The van der Waals surface area contributed by atoms with Crippen molar-refractivity contribution in [2.45, 2.75) is 55.9 Å². The topological polar surface area (TPSA) is 133 Å². The zero-order valence-electron chi connectivity index (χ0n) is 16.2. The first-order valence-electron chi connectivity index (χ1n) is 9.13. The molecule has 180 valence electrons. The summed E-state index contributed by atoms with van der Waals surface area (Å²) in [4.78, 5) is 37.1. The number of esters is 3. The third kappa shape index (κ3) is 3.64. The lowest BCUT2D eigenvalue weighted by Crippen LogP contribution is -2.55. The summed E-state index contributed by atoms with van der Waals surface area (Å²) in [5.41, 5.74) is -1.75. The van der Waals surface area contributed by atoms with E-state index in [0.29, 0.717) is 0 Å². The number of hydrogen-bond acceptors (Lipinski definition) is 8. The van der Waals surface area contributed by atoms with Crippen molar-refractivity contribution in [3.8, 4) is 0 Å². The summed E-state index contributed by atoms with van der Waals surface area (Å²) >= 11 is 0. The molecular formula is C17H17F5O9S. The Labute approximate surface area is 177 Å². The van der Waals surface area contributed by atoms with E-state index in [9.17, 15) is 44.8 Å². The number of alkyl halides is 5. The van der Waals surface area contributed by atoms with Gasteiger partial charge in [-0.3, -0.25) is 14.1 Å². The quantitative estimate of drug-likeness (QED) is 0.194. The molecule has 3 aliphatic rings. The zero-order chi connectivity index (χ0) is 24.4. The summed E-state index contributed by atoms with van der Waals surface area (Å²) in [6, 6.07) is 0. The first-order chi connectivity index (χ1) is 14.4. The minimum atomic E-state index is -6.63. The van der Waals surface area contributed by atoms with Gasteiger partial charge in [-0.2, -0.15) is 30.4 Å². The van der Waals surface area contributed by atoms with Crippen molar-refractivity contribution in [2.24, 2.45) is 17.3 Å². The number of hydrogen-bond donors (Lipinski definition) is 1. The highest BCUT2D eigenvalue weighted by molar-refractivity contribution is 7.86. The van der Waals surface area contributed by atoms with Crippen molar-refractivity contribution in [2.75, 3.05) is 0 Å². The van der Waals surface area contributed by atoms with Gasteiger partial charge in [-0.1, -0.05) is 6.58 Å². The summed E-state index contributed by atoms with van der Waals surface area (Å²) in [6.45, 7) is 4.66. The lowest BCUT2D eigenvalue weighted by Gasteiger charge is -2.38. The summed E-state index contributed by atoms with van der Waals surface area (Å²) in [7, 11) is -6.63. The van der Waals surface area contributed by atoms with Crippen LogP contribution in [0.5, 0.6) is 0 Å². The molecular weight excluding hydrogens is 475 g/mol. The minimum Gasteiger partial charge on any atom is -0.458 e. The van der Waals surface area contributed by atoms with Crippen LogP contribution in [-0.4, -0.2) is 60.6 Å². The van der Waals surface area contributed by atoms with E-state index in [2.05, 4.69) is 11.3 Å². The van der Waals surface area contributed by atoms with E-state index in [0.717, 1.165) is 0 Å². The average molecular weight is 492 g/mol. The molecule has 1 aliphatic heterocycles. The molecule has 6 unspecified atom stereocenters. The van der Waals surface area contributed by atoms with Gasteiger partial charge >= 0.3 is 39.5 Å². The highest BCUT2D eigenvalue weighted by Crippen LogP contribution is 2.62. The van der Waals surface area contributed by atoms with Crippen molar-refractivity contribution in [3.05, 3.63) is 12.2 Å². The molecule has 2 aliphatic carbocycles. The molecule has 0 aromatic rings.